The summed E-state index contributed by atoms with van der Waals surface area (Å²) in [6.07, 6.45) is 8.08. The molecule has 3 aromatic carbocycles. The summed E-state index contributed by atoms with van der Waals surface area (Å²) >= 11 is 6.26. The number of anilines is 1. The van der Waals surface area contributed by atoms with Crippen molar-refractivity contribution in [3.8, 4) is 11.4 Å². The molecule has 62 heavy (non-hydrogen) atoms. The van der Waals surface area contributed by atoms with Gasteiger partial charge in [-0.25, -0.2) is 22.8 Å². The average molecular weight is 876 g/mol. The van der Waals surface area contributed by atoms with Gasteiger partial charge in [0.1, 0.15) is 23.0 Å². The van der Waals surface area contributed by atoms with Crippen LogP contribution >= 0.6 is 11.6 Å². The Kier molecular flexibility index (Phi) is 11.4. The first-order valence-corrected chi connectivity index (χ1v) is 23.0. The number of pyridine rings is 1. The van der Waals surface area contributed by atoms with Gasteiger partial charge >= 0.3 is 0 Å². The molecule has 2 saturated heterocycles. The molecule has 0 unspecified atom stereocenters. The Morgan fingerprint density at radius 3 is 2.52 bits per heavy atom. The normalized spacial score (nSPS) is 18.1. The molecule has 6 aromatic rings. The molecule has 16 heteroatoms. The smallest absolute Gasteiger partial charge is 0.267 e. The van der Waals surface area contributed by atoms with Crippen molar-refractivity contribution in [1.29, 1.82) is 0 Å². The van der Waals surface area contributed by atoms with Gasteiger partial charge in [0.2, 0.25) is 0 Å². The second-order valence-electron chi connectivity index (χ2n) is 17.5. The minimum Gasteiger partial charge on any atom is -0.488 e. The highest BCUT2D eigenvalue weighted by molar-refractivity contribution is 7.90. The minimum absolute atomic E-state index is 0.0907. The highest BCUT2D eigenvalue weighted by atomic mass is 35.5. The van der Waals surface area contributed by atoms with E-state index < -0.39 is 15.9 Å². The highest BCUT2D eigenvalue weighted by Crippen LogP contribution is 2.43. The molecule has 3 aliphatic rings. The molecule has 5 heterocycles. The zero-order valence-corrected chi connectivity index (χ0v) is 36.7. The molecule has 322 valence electrons. The Bertz CT molecular complexity index is 2800. The molecular formula is C46H50ClN9O5S. The monoisotopic (exact) mass is 875 g/mol. The third-order valence-electron chi connectivity index (χ3n) is 12.6. The molecule has 1 aliphatic carbocycles. The van der Waals surface area contributed by atoms with Gasteiger partial charge < -0.3 is 19.5 Å². The molecule has 14 nitrogen and oxygen atoms in total. The minimum atomic E-state index is -4.46. The Balaban J connectivity index is 0.976. The average Bonchev–Trinajstić information content (AvgIpc) is 3.91. The largest absolute Gasteiger partial charge is 0.488 e. The van der Waals surface area contributed by atoms with Crippen LogP contribution in [0.15, 0.2) is 101 Å². The van der Waals surface area contributed by atoms with Crippen LogP contribution < -0.4 is 14.4 Å². The van der Waals surface area contributed by atoms with E-state index in [0.717, 1.165) is 100 Å². The van der Waals surface area contributed by atoms with Crippen LogP contribution in [-0.4, -0.2) is 103 Å². The van der Waals surface area contributed by atoms with Gasteiger partial charge in [-0.2, -0.15) is 5.10 Å². The molecule has 1 amide bonds. The van der Waals surface area contributed by atoms with Crippen LogP contribution in [0.25, 0.3) is 33.3 Å². The van der Waals surface area contributed by atoms with Crippen LogP contribution in [0.4, 0.5) is 11.4 Å². The Hall–Kier alpha value is -5.61. The number of likely N-dealkylation sites (tertiary alicyclic amines) is 1. The van der Waals surface area contributed by atoms with E-state index in [0.29, 0.717) is 22.4 Å². The molecule has 3 aromatic heterocycles. The molecular weight excluding hydrogens is 826 g/mol. The van der Waals surface area contributed by atoms with Crippen molar-refractivity contribution in [2.45, 2.75) is 57.0 Å². The summed E-state index contributed by atoms with van der Waals surface area (Å²) in [4.78, 5) is 40.6. The van der Waals surface area contributed by atoms with Gasteiger partial charge in [0, 0.05) is 68.1 Å². The van der Waals surface area contributed by atoms with E-state index in [-0.39, 0.29) is 33.4 Å². The van der Waals surface area contributed by atoms with Crippen LogP contribution in [-0.2, 0) is 10.0 Å². The van der Waals surface area contributed by atoms with Crippen molar-refractivity contribution in [1.82, 2.24) is 34.3 Å². The number of piperidine rings is 1. The second kappa shape index (κ2) is 16.9. The van der Waals surface area contributed by atoms with E-state index >= 15 is 0 Å². The topological polar surface area (TPSA) is 158 Å². The van der Waals surface area contributed by atoms with Crippen molar-refractivity contribution in [2.24, 2.45) is 10.6 Å². The van der Waals surface area contributed by atoms with Gasteiger partial charge in [0.25, 0.3) is 15.9 Å². The van der Waals surface area contributed by atoms with Crippen molar-refractivity contribution in [3.05, 3.63) is 112 Å². The number of carbonyl (C=O) groups excluding carboxylic acids is 1. The maximum Gasteiger partial charge on any atom is 0.267 e. The predicted molar refractivity (Wildman–Crippen MR) is 243 cm³/mol. The number of ether oxygens (including phenoxy) is 1. The summed E-state index contributed by atoms with van der Waals surface area (Å²) in [6.45, 7) is 10.5. The lowest BCUT2D eigenvalue weighted by atomic mass is 9.72. The van der Waals surface area contributed by atoms with E-state index in [1.54, 1.807) is 23.1 Å². The number of piperazine rings is 1. The number of hydrogen-bond donors (Lipinski definition) is 2. The molecule has 0 spiro atoms. The molecule has 0 atom stereocenters. The van der Waals surface area contributed by atoms with Gasteiger partial charge in [0.05, 0.1) is 27.9 Å². The van der Waals surface area contributed by atoms with Gasteiger partial charge in [-0.15, -0.1) is 4.91 Å². The summed E-state index contributed by atoms with van der Waals surface area (Å²) in [5, 5.41) is 9.34. The summed E-state index contributed by atoms with van der Waals surface area (Å²) < 4.78 is 37.5. The number of hydrogen-bond acceptors (Lipinski definition) is 11. The van der Waals surface area contributed by atoms with Gasteiger partial charge in [-0.05, 0) is 122 Å². The van der Waals surface area contributed by atoms with Gasteiger partial charge in [-0.3, -0.25) is 9.69 Å². The number of carbonyl (C=O) groups is 1. The van der Waals surface area contributed by atoms with Crippen molar-refractivity contribution >= 4 is 66.5 Å². The van der Waals surface area contributed by atoms with E-state index in [9.17, 15) is 18.1 Å². The first kappa shape index (κ1) is 41.7. The lowest BCUT2D eigenvalue weighted by Crippen LogP contribution is -2.47. The van der Waals surface area contributed by atoms with Crippen molar-refractivity contribution < 1.29 is 17.9 Å². The third-order valence-corrected chi connectivity index (χ3v) is 14.2. The Morgan fingerprint density at radius 2 is 1.76 bits per heavy atom. The maximum absolute atomic E-state index is 14.2. The van der Waals surface area contributed by atoms with Crippen molar-refractivity contribution in [3.63, 3.8) is 0 Å². The van der Waals surface area contributed by atoms with Crippen LogP contribution in [0, 0.1) is 10.3 Å². The first-order chi connectivity index (χ1) is 29.8. The number of halogens is 1. The Labute approximate surface area is 365 Å². The van der Waals surface area contributed by atoms with Crippen LogP contribution in [0.3, 0.4) is 0 Å². The molecule has 0 radical (unpaired) electrons. The molecule has 0 bridgehead atoms. The standard InChI is InChI=1S/C46H50ClN9O5S/c1-46(2)16-12-32(38(27-46)30-4-6-33(47)7-5-30)29-54-20-22-55(23-21-54)34-8-10-37(41(25-34)56-42-24-31-13-17-48-44(31)50-40(42)28-49-56)45(57)52-62(59,60)36-9-11-43(39(26-36)51-58)61-35-14-18-53(3)19-15-35/h4-11,13,17,24-26,28,35H,12,14-16,18-23,27,29H2,1-3H3,(H,48,50)(H,52,57). The molecule has 2 fully saturated rings. The lowest BCUT2D eigenvalue weighted by Gasteiger charge is -2.39. The number of fused-ring (bicyclic) bond motifs is 2. The number of allylic oxidation sites excluding steroid dienone is 1. The Morgan fingerprint density at radius 1 is 0.984 bits per heavy atom. The van der Waals surface area contributed by atoms with E-state index in [2.05, 4.69) is 60.7 Å². The van der Waals surface area contributed by atoms with Crippen LogP contribution in [0.5, 0.6) is 5.75 Å². The number of nitrogens with one attached hydrogen (secondary N) is 2. The fourth-order valence-electron chi connectivity index (χ4n) is 8.95. The summed E-state index contributed by atoms with van der Waals surface area (Å²) in [5.74, 6) is -0.657. The van der Waals surface area contributed by atoms with Gasteiger partial charge in [-0.1, -0.05) is 43.2 Å². The number of amides is 1. The SMILES string of the molecule is CN1CCC(Oc2ccc(S(=O)(=O)NC(=O)c3ccc(N4CCN(CC5=C(c6ccc(Cl)cc6)CC(C)(C)CC5)CC4)cc3-n3ncc4nc5[nH]ccc5cc43)cc2N=O)CC1. The number of aromatic nitrogens is 4. The number of benzene rings is 3. The number of nitroso groups, excluding NO2 is 1. The lowest BCUT2D eigenvalue weighted by molar-refractivity contribution is 0.0981. The quantitative estimate of drug-likeness (QED) is 0.121. The summed E-state index contributed by atoms with van der Waals surface area (Å²) in [7, 11) is -2.42. The van der Waals surface area contributed by atoms with E-state index in [1.165, 1.54) is 28.8 Å². The van der Waals surface area contributed by atoms with Gasteiger partial charge in [0.15, 0.2) is 5.69 Å². The molecule has 0 saturated carbocycles. The molecule has 9 rings (SSSR count). The number of sulfonamides is 1. The number of H-pyrrole nitrogens is 1. The molecule has 2 N–H and O–H groups in total. The third kappa shape index (κ3) is 8.71. The predicted octanol–water partition coefficient (Wildman–Crippen LogP) is 8.33. The zero-order valence-electron chi connectivity index (χ0n) is 35.1. The number of aromatic amines is 1. The van der Waals surface area contributed by atoms with E-state index in [1.807, 2.05) is 43.4 Å². The number of nitrogens with zero attached hydrogens (tertiary/aromatic N) is 7. The second-order valence-corrected chi connectivity index (χ2v) is 19.7. The van der Waals surface area contributed by atoms with E-state index in [4.69, 9.17) is 21.3 Å². The van der Waals surface area contributed by atoms with Crippen LogP contribution in [0.2, 0.25) is 5.02 Å². The summed E-state index contributed by atoms with van der Waals surface area (Å²) in [5.41, 5.74) is 7.55. The molecule has 2 aliphatic heterocycles. The first-order valence-electron chi connectivity index (χ1n) is 21.1. The number of rotatable bonds is 11. The van der Waals surface area contributed by atoms with Crippen molar-refractivity contribution in [2.75, 3.05) is 57.8 Å². The zero-order chi connectivity index (χ0) is 43.2. The fourth-order valence-corrected chi connectivity index (χ4v) is 10.1. The fraction of sp³-hybridized carbons (Fsp3) is 0.370. The summed E-state index contributed by atoms with van der Waals surface area (Å²) in [6, 6.07) is 21.3. The maximum atomic E-state index is 14.2. The van der Waals surface area contributed by atoms with Crippen LogP contribution in [0.1, 0.15) is 61.9 Å². The highest BCUT2D eigenvalue weighted by Gasteiger charge is 2.31.